The number of benzene rings is 2. The second-order valence-electron chi connectivity index (χ2n) is 6.97. The molecule has 1 aromatic heterocycles. The zero-order valence-corrected chi connectivity index (χ0v) is 17.0. The molecule has 0 bridgehead atoms. The third-order valence-corrected chi connectivity index (χ3v) is 3.85. The van der Waals surface area contributed by atoms with Crippen LogP contribution in [0.25, 0.3) is 11.0 Å². The van der Waals surface area contributed by atoms with E-state index in [1.54, 1.807) is 18.2 Å². The van der Waals surface area contributed by atoms with E-state index < -0.39 is 0 Å². The molecule has 0 saturated carbocycles. The SMILES string of the molecule is COc1c(OC(C)C)cc2oc(Oc3ccc(O)cc3)cc(=O)c2c1OC(C)C. The van der Waals surface area contributed by atoms with Crippen molar-refractivity contribution < 1.29 is 28.5 Å². The second kappa shape index (κ2) is 8.34. The predicted octanol–water partition coefficient (Wildman–Crippen LogP) is 4.87. The number of hydrogen-bond donors (Lipinski definition) is 1. The molecule has 0 radical (unpaired) electrons. The number of rotatable bonds is 7. The van der Waals surface area contributed by atoms with Crippen molar-refractivity contribution in [1.29, 1.82) is 0 Å². The van der Waals surface area contributed by atoms with Crippen molar-refractivity contribution in [2.24, 2.45) is 0 Å². The molecular weight excluding hydrogens is 376 g/mol. The summed E-state index contributed by atoms with van der Waals surface area (Å²) in [6.07, 6.45) is -0.329. The minimum atomic E-state index is -0.343. The average Bonchev–Trinajstić information content (AvgIpc) is 2.62. The molecule has 0 aliphatic carbocycles. The van der Waals surface area contributed by atoms with Gasteiger partial charge in [-0.15, -0.1) is 0 Å². The molecule has 7 heteroatoms. The minimum Gasteiger partial charge on any atom is -0.508 e. The van der Waals surface area contributed by atoms with Gasteiger partial charge in [-0.1, -0.05) is 0 Å². The highest BCUT2D eigenvalue weighted by Crippen LogP contribution is 2.44. The first-order valence-corrected chi connectivity index (χ1v) is 9.27. The van der Waals surface area contributed by atoms with Crippen LogP contribution in [0.5, 0.6) is 34.7 Å². The van der Waals surface area contributed by atoms with E-state index in [1.807, 2.05) is 27.7 Å². The Morgan fingerprint density at radius 1 is 0.931 bits per heavy atom. The first kappa shape index (κ1) is 20.4. The number of aromatic hydroxyl groups is 1. The van der Waals surface area contributed by atoms with E-state index in [2.05, 4.69) is 0 Å². The lowest BCUT2D eigenvalue weighted by atomic mass is 10.1. The van der Waals surface area contributed by atoms with Crippen molar-refractivity contribution in [2.45, 2.75) is 39.9 Å². The summed E-state index contributed by atoms with van der Waals surface area (Å²) in [6.45, 7) is 7.47. The topological polar surface area (TPSA) is 87.4 Å². The Kier molecular flexibility index (Phi) is 5.87. The molecule has 7 nitrogen and oxygen atoms in total. The van der Waals surface area contributed by atoms with E-state index in [1.165, 1.54) is 25.3 Å². The van der Waals surface area contributed by atoms with Gasteiger partial charge in [0, 0.05) is 6.07 Å². The van der Waals surface area contributed by atoms with Crippen molar-refractivity contribution in [2.75, 3.05) is 7.11 Å². The summed E-state index contributed by atoms with van der Waals surface area (Å²) in [7, 11) is 1.49. The Labute approximate surface area is 168 Å². The molecule has 2 aromatic carbocycles. The maximum absolute atomic E-state index is 12.9. The van der Waals surface area contributed by atoms with Crippen LogP contribution in [-0.2, 0) is 0 Å². The quantitative estimate of drug-likeness (QED) is 0.605. The fourth-order valence-corrected chi connectivity index (χ4v) is 2.79. The van der Waals surface area contributed by atoms with Gasteiger partial charge in [0.2, 0.25) is 11.2 Å². The summed E-state index contributed by atoms with van der Waals surface area (Å²) in [5.41, 5.74) is -0.0940. The lowest BCUT2D eigenvalue weighted by molar-refractivity contribution is 0.210. The first-order valence-electron chi connectivity index (χ1n) is 9.27. The molecule has 0 amide bonds. The second-order valence-corrected chi connectivity index (χ2v) is 6.97. The Bertz CT molecular complexity index is 1050. The van der Waals surface area contributed by atoms with Crippen LogP contribution in [0, 0.1) is 0 Å². The van der Waals surface area contributed by atoms with Gasteiger partial charge in [-0.05, 0) is 52.0 Å². The highest BCUT2D eigenvalue weighted by Gasteiger charge is 2.23. The molecular formula is C22H24O7. The first-order chi connectivity index (χ1) is 13.8. The molecule has 0 atom stereocenters. The molecule has 154 valence electrons. The van der Waals surface area contributed by atoms with Gasteiger partial charge in [0.05, 0.1) is 25.4 Å². The average molecular weight is 400 g/mol. The summed E-state index contributed by atoms with van der Waals surface area (Å²) in [6, 6.07) is 8.91. The number of hydrogen-bond acceptors (Lipinski definition) is 7. The van der Waals surface area contributed by atoms with Gasteiger partial charge < -0.3 is 28.5 Å². The fourth-order valence-electron chi connectivity index (χ4n) is 2.79. The highest BCUT2D eigenvalue weighted by atomic mass is 16.6. The molecule has 3 aromatic rings. The Hall–Kier alpha value is -3.35. The van der Waals surface area contributed by atoms with E-state index in [4.69, 9.17) is 23.4 Å². The van der Waals surface area contributed by atoms with Crippen LogP contribution in [-0.4, -0.2) is 24.4 Å². The fraction of sp³-hybridized carbons (Fsp3) is 0.318. The van der Waals surface area contributed by atoms with Gasteiger partial charge in [0.15, 0.2) is 11.5 Å². The zero-order valence-electron chi connectivity index (χ0n) is 17.0. The van der Waals surface area contributed by atoms with E-state index in [0.29, 0.717) is 17.2 Å². The molecule has 0 spiro atoms. The molecule has 1 N–H and O–H groups in total. The van der Waals surface area contributed by atoms with Gasteiger partial charge >= 0.3 is 0 Å². The van der Waals surface area contributed by atoms with Gasteiger partial charge in [0.1, 0.15) is 22.5 Å². The van der Waals surface area contributed by atoms with E-state index in [-0.39, 0.29) is 46.1 Å². The molecule has 29 heavy (non-hydrogen) atoms. The smallest absolute Gasteiger partial charge is 0.294 e. The number of ether oxygens (including phenoxy) is 4. The molecule has 1 heterocycles. The van der Waals surface area contributed by atoms with Crippen LogP contribution in [0.3, 0.4) is 0 Å². The lowest BCUT2D eigenvalue weighted by Crippen LogP contribution is -2.13. The molecule has 0 saturated heterocycles. The highest BCUT2D eigenvalue weighted by molar-refractivity contribution is 5.89. The van der Waals surface area contributed by atoms with Crippen LogP contribution in [0.2, 0.25) is 0 Å². The number of methoxy groups -OCH3 is 1. The van der Waals surface area contributed by atoms with Crippen LogP contribution in [0.4, 0.5) is 0 Å². The van der Waals surface area contributed by atoms with Crippen molar-refractivity contribution in [3.8, 4) is 34.7 Å². The van der Waals surface area contributed by atoms with Crippen molar-refractivity contribution in [3.63, 3.8) is 0 Å². The van der Waals surface area contributed by atoms with Gasteiger partial charge in [-0.3, -0.25) is 4.79 Å². The maximum atomic E-state index is 12.9. The molecule has 3 rings (SSSR count). The number of phenols is 1. The number of fused-ring (bicyclic) bond motifs is 1. The van der Waals surface area contributed by atoms with Crippen LogP contribution in [0.15, 0.2) is 45.6 Å². The minimum absolute atomic E-state index is 0.00403. The summed E-state index contributed by atoms with van der Waals surface area (Å²) in [5, 5.41) is 9.63. The van der Waals surface area contributed by atoms with Crippen molar-refractivity contribution in [1.82, 2.24) is 0 Å². The molecule has 0 aliphatic heterocycles. The van der Waals surface area contributed by atoms with Crippen LogP contribution >= 0.6 is 0 Å². The zero-order chi connectivity index (χ0) is 21.1. The van der Waals surface area contributed by atoms with Crippen LogP contribution in [0.1, 0.15) is 27.7 Å². The Balaban J connectivity index is 2.18. The van der Waals surface area contributed by atoms with E-state index >= 15 is 0 Å². The van der Waals surface area contributed by atoms with E-state index in [0.717, 1.165) is 0 Å². The maximum Gasteiger partial charge on any atom is 0.294 e. The Morgan fingerprint density at radius 3 is 2.17 bits per heavy atom. The summed E-state index contributed by atoms with van der Waals surface area (Å²) < 4.78 is 28.7. The Morgan fingerprint density at radius 2 is 1.59 bits per heavy atom. The van der Waals surface area contributed by atoms with Crippen molar-refractivity contribution in [3.05, 3.63) is 46.6 Å². The van der Waals surface area contributed by atoms with Gasteiger partial charge in [-0.25, -0.2) is 0 Å². The normalized spacial score (nSPS) is 11.1. The molecule has 0 unspecified atom stereocenters. The van der Waals surface area contributed by atoms with Crippen molar-refractivity contribution >= 4 is 11.0 Å². The number of phenolic OH excluding ortho intramolecular Hbond substituents is 1. The summed E-state index contributed by atoms with van der Waals surface area (Å²) >= 11 is 0. The standard InChI is InChI=1S/C22H24O7/c1-12(2)26-18-11-17-20(22(21(18)25-5)27-13(3)4)16(24)10-19(29-17)28-15-8-6-14(23)7-9-15/h6-13,23H,1-5H3. The third kappa shape index (κ3) is 4.56. The predicted molar refractivity (Wildman–Crippen MR) is 109 cm³/mol. The summed E-state index contributed by atoms with van der Waals surface area (Å²) in [4.78, 5) is 12.9. The summed E-state index contributed by atoms with van der Waals surface area (Å²) in [5.74, 6) is 1.52. The largest absolute Gasteiger partial charge is 0.508 e. The third-order valence-electron chi connectivity index (χ3n) is 3.85. The lowest BCUT2D eigenvalue weighted by Gasteiger charge is -2.20. The van der Waals surface area contributed by atoms with Gasteiger partial charge in [-0.2, -0.15) is 0 Å². The molecule has 0 aliphatic rings. The van der Waals surface area contributed by atoms with Crippen LogP contribution < -0.4 is 24.4 Å². The van der Waals surface area contributed by atoms with E-state index in [9.17, 15) is 9.90 Å². The van der Waals surface area contributed by atoms with Gasteiger partial charge in [0.25, 0.3) is 5.95 Å². The monoisotopic (exact) mass is 400 g/mol. The molecule has 0 fully saturated rings.